The third-order valence-electron chi connectivity index (χ3n) is 4.29. The highest BCUT2D eigenvalue weighted by molar-refractivity contribution is 8.14. The van der Waals surface area contributed by atoms with E-state index in [9.17, 15) is 18.4 Å². The summed E-state index contributed by atoms with van der Waals surface area (Å²) in [6, 6.07) is 9.86. The number of amidine groups is 1. The van der Waals surface area contributed by atoms with Crippen LogP contribution in [0.15, 0.2) is 60.0 Å². The topological polar surface area (TPSA) is 65.0 Å². The summed E-state index contributed by atoms with van der Waals surface area (Å²) < 4.78 is 26.7. The minimum Gasteiger partial charge on any atom is -0.294 e. The summed E-state index contributed by atoms with van der Waals surface area (Å²) in [5.41, 5.74) is 3.39. The van der Waals surface area contributed by atoms with E-state index in [1.807, 2.05) is 0 Å². The second-order valence-electron chi connectivity index (χ2n) is 6.16. The van der Waals surface area contributed by atoms with Crippen molar-refractivity contribution in [1.82, 2.24) is 10.3 Å². The highest BCUT2D eigenvalue weighted by Gasteiger charge is 2.38. The number of carbonyl (C=O) groups excluding carboxylic acids is 2. The Morgan fingerprint density at radius 3 is 2.76 bits per heavy atom. The monoisotopic (exact) mass is 434 g/mol. The van der Waals surface area contributed by atoms with Crippen LogP contribution in [0.4, 0.5) is 14.5 Å². The lowest BCUT2D eigenvalue weighted by molar-refractivity contribution is -0.122. The van der Waals surface area contributed by atoms with Crippen LogP contribution in [-0.2, 0) is 4.79 Å². The Morgan fingerprint density at radius 2 is 2.00 bits per heavy atom. The number of amides is 1. The van der Waals surface area contributed by atoms with Crippen LogP contribution in [0.2, 0.25) is 5.02 Å². The smallest absolute Gasteiger partial charge is 0.276 e. The maximum absolute atomic E-state index is 13.5. The molecule has 2 aliphatic heterocycles. The Labute approximate surface area is 173 Å². The summed E-state index contributed by atoms with van der Waals surface area (Å²) in [6.45, 7) is 0. The van der Waals surface area contributed by atoms with E-state index in [-0.39, 0.29) is 17.2 Å². The van der Waals surface area contributed by atoms with Crippen LogP contribution in [-0.4, -0.2) is 33.7 Å². The van der Waals surface area contributed by atoms with E-state index in [2.05, 4.69) is 10.5 Å². The molecular weight excluding hydrogens is 422 g/mol. The molecule has 1 atom stereocenters. The molecule has 0 spiro atoms. The lowest BCUT2D eigenvalue weighted by atomic mass is 10.1. The molecule has 0 saturated heterocycles. The number of anilines is 1. The summed E-state index contributed by atoms with van der Waals surface area (Å²) in [4.78, 5) is 27.9. The molecule has 2 aliphatic rings. The quantitative estimate of drug-likeness (QED) is 0.745. The minimum absolute atomic E-state index is 0.110. The number of hydrazone groups is 1. The summed E-state index contributed by atoms with van der Waals surface area (Å²) >= 11 is 7.08. The average Bonchev–Trinajstić information content (AvgIpc) is 3.12. The van der Waals surface area contributed by atoms with Gasteiger partial charge in [-0.05, 0) is 24.3 Å². The Kier molecular flexibility index (Phi) is 5.25. The number of rotatable bonds is 4. The number of ketones is 1. The molecule has 0 fully saturated rings. The van der Waals surface area contributed by atoms with Crippen molar-refractivity contribution >= 4 is 45.9 Å². The van der Waals surface area contributed by atoms with Crippen LogP contribution < -0.4 is 10.3 Å². The number of carbonyl (C=O) groups is 2. The fourth-order valence-electron chi connectivity index (χ4n) is 2.84. The second kappa shape index (κ2) is 7.84. The molecule has 6 nitrogen and oxygen atoms in total. The zero-order valence-electron chi connectivity index (χ0n) is 14.7. The normalized spacial score (nSPS) is 17.8. The van der Waals surface area contributed by atoms with Crippen LogP contribution in [0.1, 0.15) is 10.4 Å². The van der Waals surface area contributed by atoms with E-state index in [1.165, 1.54) is 28.9 Å². The van der Waals surface area contributed by atoms with Gasteiger partial charge in [0.25, 0.3) is 5.91 Å². The molecule has 29 heavy (non-hydrogen) atoms. The van der Waals surface area contributed by atoms with Crippen molar-refractivity contribution in [2.45, 2.75) is 6.17 Å². The molecule has 1 unspecified atom stereocenters. The number of fused-ring (bicyclic) bond motifs is 1. The third kappa shape index (κ3) is 3.83. The van der Waals surface area contributed by atoms with E-state index >= 15 is 0 Å². The predicted molar refractivity (Wildman–Crippen MR) is 107 cm³/mol. The summed E-state index contributed by atoms with van der Waals surface area (Å²) in [7, 11) is 0. The van der Waals surface area contributed by atoms with Gasteiger partial charge in [-0.15, -0.1) is 0 Å². The van der Waals surface area contributed by atoms with Gasteiger partial charge >= 0.3 is 0 Å². The fraction of sp³-hybridized carbons (Fsp3) is 0.105. The number of benzene rings is 2. The van der Waals surface area contributed by atoms with Crippen molar-refractivity contribution in [1.29, 1.82) is 0 Å². The Hall–Kier alpha value is -2.91. The van der Waals surface area contributed by atoms with Gasteiger partial charge in [-0.3, -0.25) is 24.8 Å². The molecule has 0 radical (unpaired) electrons. The van der Waals surface area contributed by atoms with Crippen LogP contribution in [0.5, 0.6) is 0 Å². The zero-order chi connectivity index (χ0) is 20.5. The lowest BCUT2D eigenvalue weighted by Crippen LogP contribution is -2.52. The van der Waals surface area contributed by atoms with Crippen molar-refractivity contribution in [2.75, 3.05) is 10.7 Å². The van der Waals surface area contributed by atoms with Crippen molar-refractivity contribution in [3.8, 4) is 0 Å². The zero-order valence-corrected chi connectivity index (χ0v) is 16.3. The Bertz CT molecular complexity index is 1060. The number of hydrogen-bond donors (Lipinski definition) is 1. The molecule has 2 aromatic carbocycles. The fourth-order valence-corrected chi connectivity index (χ4v) is 3.89. The second-order valence-corrected chi connectivity index (χ2v) is 7.54. The predicted octanol–water partition coefficient (Wildman–Crippen LogP) is 3.55. The van der Waals surface area contributed by atoms with E-state index in [0.29, 0.717) is 15.8 Å². The first-order valence-corrected chi connectivity index (χ1v) is 9.80. The van der Waals surface area contributed by atoms with Gasteiger partial charge in [-0.2, -0.15) is 5.10 Å². The molecule has 1 amide bonds. The highest BCUT2D eigenvalue weighted by Crippen LogP contribution is 2.27. The number of Topliss-reactive ketones (excluding diaryl/α,β-unsaturated/α-hetero) is 1. The lowest BCUT2D eigenvalue weighted by Gasteiger charge is -2.31. The largest absolute Gasteiger partial charge is 0.294 e. The van der Waals surface area contributed by atoms with Crippen LogP contribution in [0.25, 0.3) is 0 Å². The molecular formula is C19H13ClF2N4O2S. The number of nitrogens with one attached hydrogen (secondary N) is 1. The first kappa shape index (κ1) is 19.4. The summed E-state index contributed by atoms with van der Waals surface area (Å²) in [5.74, 6) is -2.47. The maximum Gasteiger partial charge on any atom is 0.276 e. The van der Waals surface area contributed by atoms with Gasteiger partial charge in [0, 0.05) is 29.1 Å². The maximum atomic E-state index is 13.5. The summed E-state index contributed by atoms with van der Waals surface area (Å²) in [6.07, 6.45) is 2.19. The first-order chi connectivity index (χ1) is 13.9. The molecule has 4 rings (SSSR count). The Morgan fingerprint density at radius 1 is 1.17 bits per heavy atom. The average molecular weight is 435 g/mol. The van der Waals surface area contributed by atoms with E-state index in [0.717, 1.165) is 12.1 Å². The van der Waals surface area contributed by atoms with Gasteiger partial charge in [0.1, 0.15) is 0 Å². The molecule has 148 valence electrons. The van der Waals surface area contributed by atoms with Gasteiger partial charge in [-0.25, -0.2) is 8.78 Å². The Balaban J connectivity index is 1.45. The molecule has 0 bridgehead atoms. The van der Waals surface area contributed by atoms with E-state index in [1.54, 1.807) is 35.4 Å². The molecule has 1 N–H and O–H groups in total. The van der Waals surface area contributed by atoms with Crippen LogP contribution in [0.3, 0.4) is 0 Å². The number of halogens is 3. The van der Waals surface area contributed by atoms with Gasteiger partial charge in [0.05, 0.1) is 11.4 Å². The first-order valence-electron chi connectivity index (χ1n) is 8.43. The van der Waals surface area contributed by atoms with Crippen molar-refractivity contribution in [3.63, 3.8) is 0 Å². The molecule has 2 aromatic rings. The standard InChI is InChI=1S/C19H13ClF2N4O2S/c20-12-3-1-2-11(8-12)16(27)10-29-19-24-23-17-18(28)25(6-7-26(17)19)13-4-5-14(21)15(22)9-13/h1-9,17,23H,10H2. The van der Waals surface area contributed by atoms with Crippen LogP contribution in [0, 0.1) is 11.6 Å². The molecule has 2 heterocycles. The van der Waals surface area contributed by atoms with Crippen LogP contribution >= 0.6 is 23.4 Å². The highest BCUT2D eigenvalue weighted by atomic mass is 35.5. The molecule has 0 aromatic heterocycles. The van der Waals surface area contributed by atoms with Gasteiger partial charge < -0.3 is 0 Å². The third-order valence-corrected chi connectivity index (χ3v) is 5.49. The van der Waals surface area contributed by atoms with E-state index < -0.39 is 23.7 Å². The van der Waals surface area contributed by atoms with Gasteiger partial charge in [-0.1, -0.05) is 35.5 Å². The van der Waals surface area contributed by atoms with E-state index in [4.69, 9.17) is 11.6 Å². The minimum atomic E-state index is -1.04. The van der Waals surface area contributed by atoms with Crippen molar-refractivity contribution in [3.05, 3.63) is 77.1 Å². The number of hydrogen-bond acceptors (Lipinski definition) is 6. The SMILES string of the molecule is O=C(CSC1=NNC2C(=O)N(c3ccc(F)c(F)c3)C=CN12)c1cccc(Cl)c1. The molecule has 10 heteroatoms. The summed E-state index contributed by atoms with van der Waals surface area (Å²) in [5, 5.41) is 5.04. The van der Waals surface area contributed by atoms with Crippen molar-refractivity contribution < 1.29 is 18.4 Å². The molecule has 0 saturated carbocycles. The van der Waals surface area contributed by atoms with Gasteiger partial charge in [0.15, 0.2) is 22.6 Å². The van der Waals surface area contributed by atoms with Gasteiger partial charge in [0.2, 0.25) is 6.17 Å². The number of thioether (sulfide) groups is 1. The molecule has 0 aliphatic carbocycles. The van der Waals surface area contributed by atoms with Crippen molar-refractivity contribution in [2.24, 2.45) is 5.10 Å². The number of nitrogens with zero attached hydrogens (tertiary/aromatic N) is 3.